The Balaban J connectivity index is 0.000000268. The molecule has 0 spiro atoms. The third-order valence-electron chi connectivity index (χ3n) is 16.0. The van der Waals surface area contributed by atoms with Gasteiger partial charge in [-0.3, -0.25) is 9.59 Å². The molecule has 3 aliphatic heterocycles. The molecule has 3 saturated heterocycles. The molecule has 21 heteroatoms. The molecule has 2 bridgehead atoms. The summed E-state index contributed by atoms with van der Waals surface area (Å²) in [6.07, 6.45) is 12.1. The summed E-state index contributed by atoms with van der Waals surface area (Å²) < 4.78 is 13.3. The zero-order chi connectivity index (χ0) is 58.0. The molecule has 8 N–H and O–H groups in total. The summed E-state index contributed by atoms with van der Waals surface area (Å²) in [5.74, 6) is -0.116. The van der Waals surface area contributed by atoms with Crippen LogP contribution in [-0.4, -0.2) is 137 Å². The molecule has 2 aromatic rings. The van der Waals surface area contributed by atoms with E-state index in [1.165, 1.54) is 6.42 Å². The lowest BCUT2D eigenvalue weighted by Crippen LogP contribution is -2.65. The molecule has 3 heterocycles. The third-order valence-corrected chi connectivity index (χ3v) is 16.0. The monoisotopic (exact) mass is 1090 g/mol. The summed E-state index contributed by atoms with van der Waals surface area (Å²) >= 11 is 0. The average Bonchev–Trinajstić information content (AvgIpc) is 3.98. The molecule has 6 fully saturated rings. The highest BCUT2D eigenvalue weighted by Crippen LogP contribution is 2.65. The van der Waals surface area contributed by atoms with E-state index < -0.39 is 33.3 Å². The fourth-order valence-electron chi connectivity index (χ4n) is 11.7. The van der Waals surface area contributed by atoms with Crippen LogP contribution in [0.15, 0.2) is 84.2 Å². The number of hydrogen-bond donors (Lipinski definition) is 8. The van der Waals surface area contributed by atoms with Gasteiger partial charge in [-0.1, -0.05) is 128 Å². The van der Waals surface area contributed by atoms with Crippen molar-refractivity contribution in [2.45, 2.75) is 169 Å². The van der Waals surface area contributed by atoms with E-state index in [4.69, 9.17) is 32.5 Å². The Morgan fingerprint density at radius 3 is 1.62 bits per heavy atom. The minimum Gasteiger partial charge on any atom is -0.427 e. The van der Waals surface area contributed by atoms with Gasteiger partial charge in [-0.25, -0.2) is 19.3 Å². The van der Waals surface area contributed by atoms with Crippen molar-refractivity contribution in [1.29, 1.82) is 0 Å². The zero-order valence-corrected chi connectivity index (χ0v) is 48.1. The normalized spacial score (nSPS) is 23.9. The van der Waals surface area contributed by atoms with Crippen molar-refractivity contribution < 1.29 is 48.6 Å². The van der Waals surface area contributed by atoms with Crippen molar-refractivity contribution in [2.75, 3.05) is 26.2 Å². The second-order valence-electron chi connectivity index (χ2n) is 23.8. The van der Waals surface area contributed by atoms with Gasteiger partial charge in [0.15, 0.2) is 0 Å². The lowest BCUT2D eigenvalue weighted by Gasteiger charge is -2.64. The molecule has 0 aromatic heterocycles. The Morgan fingerprint density at radius 1 is 0.722 bits per heavy atom. The number of allylic oxidation sites excluding steroid dienone is 2. The first-order valence-electron chi connectivity index (χ1n) is 28.5. The fourth-order valence-corrected chi connectivity index (χ4v) is 11.7. The molecular weight excluding hydrogens is 1000 g/mol. The van der Waals surface area contributed by atoms with Crippen LogP contribution in [0, 0.1) is 48.1 Å². The molecule has 18 nitrogen and oxygen atoms in total. The van der Waals surface area contributed by atoms with Gasteiger partial charge in [0.2, 0.25) is 11.4 Å². The van der Waals surface area contributed by atoms with E-state index in [0.717, 1.165) is 56.1 Å². The first-order chi connectivity index (χ1) is 37.5. The van der Waals surface area contributed by atoms with Gasteiger partial charge in [-0.05, 0) is 124 Å². The Bertz CT molecular complexity index is 2450. The van der Waals surface area contributed by atoms with Gasteiger partial charge < -0.3 is 60.5 Å². The van der Waals surface area contributed by atoms with E-state index in [9.17, 15) is 29.2 Å². The second-order valence-corrected chi connectivity index (χ2v) is 23.8. The predicted molar refractivity (Wildman–Crippen MR) is 309 cm³/mol. The number of hydrogen-bond acceptors (Lipinski definition) is 10. The number of rotatable bonds is 18. The second kappa shape index (κ2) is 30.2. The summed E-state index contributed by atoms with van der Waals surface area (Å²) in [5.41, 5.74) is 2.12. The van der Waals surface area contributed by atoms with E-state index >= 15 is 0 Å². The lowest BCUT2D eigenvalue weighted by atomic mass is 9.43. The van der Waals surface area contributed by atoms with Gasteiger partial charge in [0.1, 0.15) is 0 Å². The maximum Gasteiger partial charge on any atom is 0.482 e. The smallest absolute Gasteiger partial charge is 0.427 e. The van der Waals surface area contributed by atoms with Gasteiger partial charge >= 0.3 is 33.4 Å². The fraction of sp³-hybridized carbons (Fsp3) is 0.621. The third kappa shape index (κ3) is 18.4. The number of urea groups is 2. The predicted octanol–water partition coefficient (Wildman–Crippen LogP) is 6.87. The van der Waals surface area contributed by atoms with Gasteiger partial charge in [0.25, 0.3) is 11.8 Å². The molecular formula is C58H87B3N8O10. The Labute approximate surface area is 471 Å². The van der Waals surface area contributed by atoms with Gasteiger partial charge in [-0.2, -0.15) is 0 Å². The van der Waals surface area contributed by atoms with Gasteiger partial charge in [0, 0.05) is 38.3 Å². The van der Waals surface area contributed by atoms with Crippen molar-refractivity contribution in [3.05, 3.63) is 118 Å². The highest BCUT2D eigenvalue weighted by Gasteiger charge is 2.68. The number of nitrogens with zero attached hydrogens (tertiary/aromatic N) is 4. The lowest BCUT2D eigenvalue weighted by molar-refractivity contribution is -0.199. The Hall–Kier alpha value is -5.67. The van der Waals surface area contributed by atoms with Crippen LogP contribution in [0.5, 0.6) is 0 Å². The van der Waals surface area contributed by atoms with Gasteiger partial charge in [0.05, 0.1) is 36.7 Å². The largest absolute Gasteiger partial charge is 0.482 e. The van der Waals surface area contributed by atoms with Crippen LogP contribution in [0.2, 0.25) is 6.32 Å². The van der Waals surface area contributed by atoms with Crippen molar-refractivity contribution in [3.8, 4) is 0 Å². The summed E-state index contributed by atoms with van der Waals surface area (Å²) in [6, 6.07) is 18.1. The van der Waals surface area contributed by atoms with Gasteiger partial charge in [-0.15, -0.1) is 0 Å². The summed E-state index contributed by atoms with van der Waals surface area (Å²) in [4.78, 5) is 62.1. The molecule has 79 heavy (non-hydrogen) atoms. The quantitative estimate of drug-likeness (QED) is 0.0439. The number of nitrogens with one attached hydrogen (secondary N) is 4. The molecule has 3 saturated carbocycles. The molecule has 428 valence electrons. The van der Waals surface area contributed by atoms with Crippen LogP contribution in [0.25, 0.3) is 9.69 Å². The van der Waals surface area contributed by atoms with E-state index in [1.54, 1.807) is 22.0 Å². The molecule has 6 amide bonds. The minimum atomic E-state index is -1.71. The highest BCUT2D eigenvalue weighted by atomic mass is 16.7. The van der Waals surface area contributed by atoms with Crippen LogP contribution in [-0.2, 0) is 31.7 Å². The SMILES string of the molecule is CC(C)CB(O)O.[C-]#[N+]C(=CC(C)C)C(=O)N1CCCC[C@H]1CNC(=O)N[C@@H](Cc1ccccc1)B(O)O.[C-]#[N+]C(=CC(C)C)C(=O)N1CCCC[C@H]1CNC(=O)N[C@@H](Cc1ccccc1)B1O[C@@H]2C[C@@H]3C[C@@H](C3(C)C)[C@]2(C)O1. The molecule has 2 aromatic carbocycles. The van der Waals surface area contributed by atoms with Crippen molar-refractivity contribution in [2.24, 2.45) is 35.0 Å². The molecule has 0 radical (unpaired) electrons. The van der Waals surface area contributed by atoms with Crippen molar-refractivity contribution >= 4 is 45.2 Å². The Kier molecular flexibility index (Phi) is 24.6. The standard InChI is InChI=1S/C32H45BN4O4.C22H31BN4O4.C4H11BO2/c1-21(2)16-25(34-6)29(38)37-15-11-10-14-24(37)20-35-30(39)36-28(17-22-12-8-7-9-13-22)33-40-27-19-23-18-26(31(23,3)4)32(27,5)41-33;1-16(2)13-19(24-3)21(28)27-12-8-7-11-18(27)15-25-22(29)26-20(23(30)31)14-17-9-5-4-6-10-17;1-4(2)3-5(6)7/h7-9,12-13,16,21,23-24,26-28H,10-11,14-15,17-20H2,1-5H3,(H2,35,36,39);4-6,9-10,13,16,18,20,30-31H,7-8,11-12,14-15H2,1-2H3,(H2,25,26,29);4,6-7H,3H2,1-2H3/t23-,24-,26-,27+,28-,32-;18-,20-;/m00./s1. The van der Waals surface area contributed by atoms with Crippen LogP contribution in [0.4, 0.5) is 9.59 Å². The van der Waals surface area contributed by atoms with Crippen LogP contribution in [0.3, 0.4) is 0 Å². The number of amides is 6. The van der Waals surface area contributed by atoms with Crippen LogP contribution in [0.1, 0.15) is 125 Å². The topological polar surface area (TPSA) is 231 Å². The van der Waals surface area contributed by atoms with Crippen LogP contribution < -0.4 is 21.3 Å². The number of carbonyl (C=O) groups is 4. The number of piperidine rings is 2. The van der Waals surface area contributed by atoms with E-state index in [1.807, 2.05) is 90.1 Å². The molecule has 8 rings (SSSR count). The zero-order valence-electron chi connectivity index (χ0n) is 48.1. The van der Waals surface area contributed by atoms with Crippen molar-refractivity contribution in [3.63, 3.8) is 0 Å². The number of carbonyl (C=O) groups excluding carboxylic acids is 4. The molecule has 0 unspecified atom stereocenters. The minimum absolute atomic E-state index is 0.0322. The van der Waals surface area contributed by atoms with Crippen molar-refractivity contribution in [1.82, 2.24) is 31.1 Å². The number of benzene rings is 2. The maximum absolute atomic E-state index is 13.3. The summed E-state index contributed by atoms with van der Waals surface area (Å²) in [5, 5.41) is 47.4. The molecule has 6 aliphatic rings. The van der Waals surface area contributed by atoms with E-state index in [0.29, 0.717) is 50.1 Å². The summed E-state index contributed by atoms with van der Waals surface area (Å²) in [7, 11) is -3.37. The summed E-state index contributed by atoms with van der Waals surface area (Å²) in [6.45, 7) is 35.0. The van der Waals surface area contributed by atoms with Crippen LogP contribution >= 0.6 is 0 Å². The highest BCUT2D eigenvalue weighted by molar-refractivity contribution is 6.48. The van der Waals surface area contributed by atoms with E-state index in [-0.39, 0.29) is 89.2 Å². The van der Waals surface area contributed by atoms with E-state index in [2.05, 4.69) is 63.9 Å². The molecule has 3 aliphatic carbocycles. The molecule has 8 atom stereocenters. The first kappa shape index (κ1) is 64.2. The number of likely N-dealkylation sites (tertiary alicyclic amines) is 2. The maximum atomic E-state index is 13.3. The Morgan fingerprint density at radius 2 is 1.20 bits per heavy atom. The average molecular weight is 1090 g/mol. The first-order valence-corrected chi connectivity index (χ1v) is 28.5.